The van der Waals surface area contributed by atoms with Crippen LogP contribution in [-0.2, 0) is 17.6 Å². The molecule has 3 rings (SSSR count). The first-order chi connectivity index (χ1) is 9.16. The van der Waals surface area contributed by atoms with Crippen LogP contribution in [0.4, 0.5) is 0 Å². The largest absolute Gasteiger partial charge is 0.481 e. The number of aliphatic hydroxyl groups excluding tert-OH is 1. The van der Waals surface area contributed by atoms with Crippen LogP contribution in [0.15, 0.2) is 30.3 Å². The van der Waals surface area contributed by atoms with Crippen molar-refractivity contribution in [1.82, 2.24) is 0 Å². The summed E-state index contributed by atoms with van der Waals surface area (Å²) in [4.78, 5) is 10.6. The van der Waals surface area contributed by atoms with Gasteiger partial charge in [0.1, 0.15) is 0 Å². The standard InChI is InChI=1S/C16H16O3/c17-14(8-9-15(18)19)12-7-6-11-5-4-10-2-1-3-13(12)16(10)11/h1-3,6-7,14,17H,4-5,8-9H2,(H,18,19). The van der Waals surface area contributed by atoms with Crippen molar-refractivity contribution < 1.29 is 15.0 Å². The molecule has 3 nitrogen and oxygen atoms in total. The number of rotatable bonds is 4. The first kappa shape index (κ1) is 12.2. The van der Waals surface area contributed by atoms with E-state index in [1.807, 2.05) is 18.2 Å². The van der Waals surface area contributed by atoms with Crippen molar-refractivity contribution in [1.29, 1.82) is 0 Å². The van der Waals surface area contributed by atoms with Gasteiger partial charge in [-0.25, -0.2) is 0 Å². The average molecular weight is 256 g/mol. The molecule has 1 aliphatic rings. The quantitative estimate of drug-likeness (QED) is 0.884. The van der Waals surface area contributed by atoms with Crippen LogP contribution in [0.2, 0.25) is 0 Å². The summed E-state index contributed by atoms with van der Waals surface area (Å²) in [6.45, 7) is 0. The molecule has 0 bridgehead atoms. The second kappa shape index (κ2) is 4.67. The highest BCUT2D eigenvalue weighted by molar-refractivity contribution is 5.93. The number of hydrogen-bond acceptors (Lipinski definition) is 2. The van der Waals surface area contributed by atoms with Crippen LogP contribution >= 0.6 is 0 Å². The Morgan fingerprint density at radius 3 is 2.63 bits per heavy atom. The smallest absolute Gasteiger partial charge is 0.303 e. The van der Waals surface area contributed by atoms with Crippen LogP contribution in [0, 0.1) is 0 Å². The van der Waals surface area contributed by atoms with Crippen molar-refractivity contribution in [2.45, 2.75) is 31.8 Å². The van der Waals surface area contributed by atoms with E-state index in [9.17, 15) is 9.90 Å². The van der Waals surface area contributed by atoms with Crippen LogP contribution in [0.3, 0.4) is 0 Å². The molecule has 0 fully saturated rings. The molecule has 0 aromatic heterocycles. The molecule has 98 valence electrons. The summed E-state index contributed by atoms with van der Waals surface area (Å²) in [5.74, 6) is -0.870. The summed E-state index contributed by atoms with van der Waals surface area (Å²) in [6.07, 6.45) is 1.65. The number of carboxylic acids is 1. The molecule has 2 aromatic rings. The van der Waals surface area contributed by atoms with Gasteiger partial charge in [0.25, 0.3) is 0 Å². The van der Waals surface area contributed by atoms with Crippen molar-refractivity contribution in [2.75, 3.05) is 0 Å². The van der Waals surface area contributed by atoms with Gasteiger partial charge in [-0.05, 0) is 46.7 Å². The minimum absolute atomic E-state index is 0.00982. The molecule has 0 amide bonds. The summed E-state index contributed by atoms with van der Waals surface area (Å²) in [7, 11) is 0. The first-order valence-corrected chi connectivity index (χ1v) is 6.60. The van der Waals surface area contributed by atoms with E-state index in [1.54, 1.807) is 0 Å². The fourth-order valence-electron chi connectivity index (χ4n) is 2.98. The number of hydrogen-bond donors (Lipinski definition) is 2. The third-order valence-electron chi connectivity index (χ3n) is 3.90. The second-order valence-corrected chi connectivity index (χ2v) is 5.10. The van der Waals surface area contributed by atoms with Crippen molar-refractivity contribution in [3.05, 3.63) is 47.0 Å². The molecule has 0 spiro atoms. The predicted octanol–water partition coefficient (Wildman–Crippen LogP) is 2.84. The number of carboxylic acid groups (broad SMARTS) is 1. The van der Waals surface area contributed by atoms with Crippen LogP contribution in [0.1, 0.15) is 35.6 Å². The summed E-state index contributed by atoms with van der Waals surface area (Å²) in [5.41, 5.74) is 3.52. The Morgan fingerprint density at radius 1 is 1.16 bits per heavy atom. The third-order valence-corrected chi connectivity index (χ3v) is 3.90. The summed E-state index contributed by atoms with van der Waals surface area (Å²) in [6, 6.07) is 10.2. The van der Waals surface area contributed by atoms with Gasteiger partial charge in [-0.2, -0.15) is 0 Å². The fraction of sp³-hybridized carbons (Fsp3) is 0.312. The minimum atomic E-state index is -0.870. The average Bonchev–Trinajstić information content (AvgIpc) is 2.82. The summed E-state index contributed by atoms with van der Waals surface area (Å²) < 4.78 is 0. The fourth-order valence-corrected chi connectivity index (χ4v) is 2.98. The molecule has 0 aliphatic heterocycles. The first-order valence-electron chi connectivity index (χ1n) is 6.60. The second-order valence-electron chi connectivity index (χ2n) is 5.10. The predicted molar refractivity (Wildman–Crippen MR) is 73.2 cm³/mol. The van der Waals surface area contributed by atoms with Crippen LogP contribution in [0.5, 0.6) is 0 Å². The zero-order valence-electron chi connectivity index (χ0n) is 10.6. The molecule has 2 aromatic carbocycles. The number of aryl methyl sites for hydroxylation is 2. The molecule has 1 aliphatic carbocycles. The van der Waals surface area contributed by atoms with E-state index in [0.29, 0.717) is 0 Å². The normalized spacial score (nSPS) is 14.8. The van der Waals surface area contributed by atoms with Gasteiger partial charge in [-0.1, -0.05) is 30.3 Å². The summed E-state index contributed by atoms with van der Waals surface area (Å²) >= 11 is 0. The van der Waals surface area contributed by atoms with Gasteiger partial charge in [-0.3, -0.25) is 4.79 Å². The molecular formula is C16H16O3. The van der Waals surface area contributed by atoms with Gasteiger partial charge in [-0.15, -0.1) is 0 Å². The highest BCUT2D eigenvalue weighted by atomic mass is 16.4. The Bertz CT molecular complexity index is 635. The molecular weight excluding hydrogens is 240 g/mol. The van der Waals surface area contributed by atoms with Gasteiger partial charge >= 0.3 is 5.97 Å². The van der Waals surface area contributed by atoms with Gasteiger partial charge in [0, 0.05) is 6.42 Å². The van der Waals surface area contributed by atoms with Crippen LogP contribution in [0.25, 0.3) is 10.8 Å². The lowest BCUT2D eigenvalue weighted by Gasteiger charge is -2.14. The zero-order chi connectivity index (χ0) is 13.4. The maximum Gasteiger partial charge on any atom is 0.303 e. The molecule has 0 saturated carbocycles. The van der Waals surface area contributed by atoms with E-state index in [4.69, 9.17) is 5.11 Å². The Labute approximate surface area is 111 Å². The number of aliphatic hydroxyl groups is 1. The van der Waals surface area contributed by atoms with E-state index in [1.165, 1.54) is 16.5 Å². The van der Waals surface area contributed by atoms with Crippen molar-refractivity contribution in [3.63, 3.8) is 0 Å². The summed E-state index contributed by atoms with van der Waals surface area (Å²) in [5, 5.41) is 21.2. The molecule has 3 heteroatoms. The van der Waals surface area contributed by atoms with Crippen molar-refractivity contribution >= 4 is 16.7 Å². The Balaban J connectivity index is 2.03. The third kappa shape index (κ3) is 2.10. The molecule has 19 heavy (non-hydrogen) atoms. The van der Waals surface area contributed by atoms with Crippen molar-refractivity contribution in [3.8, 4) is 0 Å². The zero-order valence-corrected chi connectivity index (χ0v) is 10.6. The molecule has 0 saturated heterocycles. The highest BCUT2D eigenvalue weighted by Crippen LogP contribution is 2.35. The number of aliphatic carboxylic acids is 1. The lowest BCUT2D eigenvalue weighted by Crippen LogP contribution is -2.03. The minimum Gasteiger partial charge on any atom is -0.481 e. The molecule has 1 unspecified atom stereocenters. The van der Waals surface area contributed by atoms with Gasteiger partial charge in [0.05, 0.1) is 6.10 Å². The van der Waals surface area contributed by atoms with Gasteiger partial charge in [0.2, 0.25) is 0 Å². The van der Waals surface area contributed by atoms with E-state index < -0.39 is 12.1 Å². The van der Waals surface area contributed by atoms with E-state index in [2.05, 4.69) is 12.1 Å². The number of carbonyl (C=O) groups is 1. The Kier molecular flexibility index (Phi) is 2.99. The van der Waals surface area contributed by atoms with Crippen molar-refractivity contribution in [2.24, 2.45) is 0 Å². The maximum atomic E-state index is 10.6. The molecule has 0 radical (unpaired) electrons. The number of benzene rings is 2. The lowest BCUT2D eigenvalue weighted by molar-refractivity contribution is -0.137. The van der Waals surface area contributed by atoms with Crippen LogP contribution < -0.4 is 0 Å². The monoisotopic (exact) mass is 256 g/mol. The van der Waals surface area contributed by atoms with E-state index in [-0.39, 0.29) is 12.8 Å². The van der Waals surface area contributed by atoms with Gasteiger partial charge in [0.15, 0.2) is 0 Å². The SMILES string of the molecule is O=C(O)CCC(O)c1ccc2c3c(cccc13)CC2. The Hall–Kier alpha value is -1.87. The van der Waals surface area contributed by atoms with Gasteiger partial charge < -0.3 is 10.2 Å². The van der Waals surface area contributed by atoms with E-state index >= 15 is 0 Å². The topological polar surface area (TPSA) is 57.5 Å². The van der Waals surface area contributed by atoms with E-state index in [0.717, 1.165) is 23.8 Å². The van der Waals surface area contributed by atoms with Crippen LogP contribution in [-0.4, -0.2) is 16.2 Å². The lowest BCUT2D eigenvalue weighted by atomic mass is 9.95. The molecule has 1 atom stereocenters. The highest BCUT2D eigenvalue weighted by Gasteiger charge is 2.19. The molecule has 2 N–H and O–H groups in total. The molecule has 0 heterocycles. The maximum absolute atomic E-state index is 10.6. The Morgan fingerprint density at radius 2 is 1.89 bits per heavy atom.